The number of thiazole rings is 1. The minimum atomic E-state index is 0.518. The van der Waals surface area contributed by atoms with Gasteiger partial charge in [-0.2, -0.15) is 0 Å². The third-order valence-electron chi connectivity index (χ3n) is 3.84. The standard InChI is InChI=1S/C13H20N4S2/c1-16-4-6-17(7-5-16)8-10-15-11(9-2-3-9)12(19-10)13(14)18/h9H,2-8H2,1H3,(H2,14,18). The van der Waals surface area contributed by atoms with Crippen molar-refractivity contribution in [3.05, 3.63) is 15.6 Å². The first kappa shape index (κ1) is 13.4. The number of likely N-dealkylation sites (N-methyl/N-ethyl adjacent to an activating group) is 1. The third-order valence-corrected chi connectivity index (χ3v) is 5.26. The summed E-state index contributed by atoms with van der Waals surface area (Å²) in [5, 5.41) is 1.18. The number of thiocarbonyl (C=S) groups is 1. The van der Waals surface area contributed by atoms with Gasteiger partial charge in [-0.1, -0.05) is 12.2 Å². The number of hydrogen-bond acceptors (Lipinski definition) is 5. The summed E-state index contributed by atoms with van der Waals surface area (Å²) in [6.07, 6.45) is 2.49. The molecule has 0 radical (unpaired) electrons. The molecule has 2 N–H and O–H groups in total. The Morgan fingerprint density at radius 3 is 2.63 bits per heavy atom. The van der Waals surface area contributed by atoms with Crippen molar-refractivity contribution >= 4 is 28.5 Å². The predicted molar refractivity (Wildman–Crippen MR) is 82.8 cm³/mol. The molecule has 0 unspecified atom stereocenters. The molecule has 0 amide bonds. The zero-order valence-electron chi connectivity index (χ0n) is 11.3. The summed E-state index contributed by atoms with van der Waals surface area (Å²) in [5.74, 6) is 0.619. The zero-order chi connectivity index (χ0) is 13.4. The highest BCUT2D eigenvalue weighted by molar-refractivity contribution is 7.81. The second-order valence-electron chi connectivity index (χ2n) is 5.54. The fourth-order valence-electron chi connectivity index (χ4n) is 2.45. The lowest BCUT2D eigenvalue weighted by molar-refractivity contribution is 0.148. The fourth-order valence-corrected chi connectivity index (χ4v) is 3.73. The average Bonchev–Trinajstić information content (AvgIpc) is 3.13. The molecule has 1 saturated carbocycles. The Bertz CT molecular complexity index is 473. The second kappa shape index (κ2) is 5.44. The summed E-state index contributed by atoms with van der Waals surface area (Å²) < 4.78 is 0. The summed E-state index contributed by atoms with van der Waals surface area (Å²) in [6, 6.07) is 0. The molecule has 2 fully saturated rings. The van der Waals surface area contributed by atoms with Crippen molar-refractivity contribution in [1.82, 2.24) is 14.8 Å². The van der Waals surface area contributed by atoms with Crippen LogP contribution >= 0.6 is 23.6 Å². The lowest BCUT2D eigenvalue weighted by atomic mass is 10.2. The van der Waals surface area contributed by atoms with Crippen LogP contribution in [0.25, 0.3) is 0 Å². The Hall–Kier alpha value is -0.560. The van der Waals surface area contributed by atoms with Crippen LogP contribution in [-0.4, -0.2) is 53.0 Å². The van der Waals surface area contributed by atoms with E-state index in [1.165, 1.54) is 23.5 Å². The summed E-state index contributed by atoms with van der Waals surface area (Å²) in [4.78, 5) is 11.2. The smallest absolute Gasteiger partial charge is 0.116 e. The van der Waals surface area contributed by atoms with E-state index < -0.39 is 0 Å². The van der Waals surface area contributed by atoms with Gasteiger partial charge in [0.2, 0.25) is 0 Å². The first-order valence-corrected chi connectivity index (χ1v) is 8.06. The fraction of sp³-hybridized carbons (Fsp3) is 0.692. The molecule has 104 valence electrons. The monoisotopic (exact) mass is 296 g/mol. The van der Waals surface area contributed by atoms with Crippen LogP contribution in [0.1, 0.15) is 34.3 Å². The number of nitrogens with two attached hydrogens (primary N) is 1. The molecule has 2 aliphatic rings. The van der Waals surface area contributed by atoms with Crippen molar-refractivity contribution in [3.8, 4) is 0 Å². The van der Waals surface area contributed by atoms with E-state index in [1.54, 1.807) is 11.3 Å². The number of nitrogens with zero attached hydrogens (tertiary/aromatic N) is 3. The molecule has 1 aliphatic carbocycles. The Balaban J connectivity index is 1.70. The highest BCUT2D eigenvalue weighted by Gasteiger charge is 2.30. The van der Waals surface area contributed by atoms with Gasteiger partial charge in [-0.25, -0.2) is 4.98 Å². The van der Waals surface area contributed by atoms with Crippen molar-refractivity contribution in [1.29, 1.82) is 0 Å². The minimum absolute atomic E-state index is 0.518. The van der Waals surface area contributed by atoms with Gasteiger partial charge in [-0.15, -0.1) is 11.3 Å². The van der Waals surface area contributed by atoms with Crippen molar-refractivity contribution in [3.63, 3.8) is 0 Å². The first-order chi connectivity index (χ1) is 9.13. The van der Waals surface area contributed by atoms with E-state index in [0.29, 0.717) is 10.9 Å². The van der Waals surface area contributed by atoms with Crippen molar-refractivity contribution in [2.75, 3.05) is 33.2 Å². The van der Waals surface area contributed by atoms with Crippen molar-refractivity contribution in [2.24, 2.45) is 5.73 Å². The number of hydrogen-bond donors (Lipinski definition) is 1. The van der Waals surface area contributed by atoms with E-state index in [2.05, 4.69) is 16.8 Å². The van der Waals surface area contributed by atoms with E-state index in [9.17, 15) is 0 Å². The molecule has 2 heterocycles. The maximum atomic E-state index is 5.83. The summed E-state index contributed by atoms with van der Waals surface area (Å²) in [6.45, 7) is 5.47. The van der Waals surface area contributed by atoms with E-state index >= 15 is 0 Å². The lowest BCUT2D eigenvalue weighted by Gasteiger charge is -2.31. The van der Waals surface area contributed by atoms with Gasteiger partial charge < -0.3 is 10.6 Å². The Kier molecular flexibility index (Phi) is 3.84. The SMILES string of the molecule is CN1CCN(Cc2nc(C3CC3)c(C(N)=S)s2)CC1. The molecule has 3 rings (SSSR count). The lowest BCUT2D eigenvalue weighted by Crippen LogP contribution is -2.43. The van der Waals surface area contributed by atoms with Crippen LogP contribution < -0.4 is 5.73 Å². The van der Waals surface area contributed by atoms with Crippen LogP contribution in [0.15, 0.2) is 0 Å². The Labute approximate surface area is 123 Å². The predicted octanol–water partition coefficient (Wildman–Crippen LogP) is 1.40. The van der Waals surface area contributed by atoms with E-state index in [0.717, 1.165) is 37.6 Å². The Morgan fingerprint density at radius 1 is 1.37 bits per heavy atom. The Morgan fingerprint density at radius 2 is 2.05 bits per heavy atom. The molecule has 1 saturated heterocycles. The molecular weight excluding hydrogens is 276 g/mol. The molecule has 1 aromatic rings. The first-order valence-electron chi connectivity index (χ1n) is 6.84. The van der Waals surface area contributed by atoms with E-state index in [1.807, 2.05) is 0 Å². The zero-order valence-corrected chi connectivity index (χ0v) is 12.9. The molecule has 0 aromatic carbocycles. The molecule has 0 bridgehead atoms. The minimum Gasteiger partial charge on any atom is -0.389 e. The van der Waals surface area contributed by atoms with Gasteiger partial charge in [-0.3, -0.25) is 4.90 Å². The topological polar surface area (TPSA) is 45.4 Å². The van der Waals surface area contributed by atoms with Crippen LogP contribution in [0.5, 0.6) is 0 Å². The molecule has 6 heteroatoms. The summed E-state index contributed by atoms with van der Waals surface area (Å²) in [7, 11) is 2.18. The number of piperazine rings is 1. The van der Waals surface area contributed by atoms with Gasteiger partial charge in [0.05, 0.1) is 17.1 Å². The van der Waals surface area contributed by atoms with Crippen molar-refractivity contribution < 1.29 is 0 Å². The highest BCUT2D eigenvalue weighted by atomic mass is 32.1. The largest absolute Gasteiger partial charge is 0.389 e. The van der Waals surface area contributed by atoms with E-state index in [4.69, 9.17) is 22.9 Å². The van der Waals surface area contributed by atoms with Crippen LogP contribution in [0.2, 0.25) is 0 Å². The normalized spacial score (nSPS) is 21.7. The van der Waals surface area contributed by atoms with Gasteiger partial charge in [0.15, 0.2) is 0 Å². The molecule has 1 aromatic heterocycles. The van der Waals surface area contributed by atoms with Gasteiger partial charge in [-0.05, 0) is 19.9 Å². The van der Waals surface area contributed by atoms with Crippen LogP contribution in [0.4, 0.5) is 0 Å². The van der Waals surface area contributed by atoms with Gasteiger partial charge >= 0.3 is 0 Å². The summed E-state index contributed by atoms with van der Waals surface area (Å²) in [5.41, 5.74) is 6.99. The van der Waals surface area contributed by atoms with Crippen LogP contribution in [-0.2, 0) is 6.54 Å². The summed E-state index contributed by atoms with van der Waals surface area (Å²) >= 11 is 6.86. The molecule has 4 nitrogen and oxygen atoms in total. The average molecular weight is 296 g/mol. The van der Waals surface area contributed by atoms with E-state index in [-0.39, 0.29) is 0 Å². The van der Waals surface area contributed by atoms with Gasteiger partial charge in [0, 0.05) is 32.1 Å². The highest BCUT2D eigenvalue weighted by Crippen LogP contribution is 2.42. The number of rotatable bonds is 4. The van der Waals surface area contributed by atoms with Gasteiger partial charge in [0.1, 0.15) is 10.00 Å². The molecular formula is C13H20N4S2. The molecule has 1 aliphatic heterocycles. The van der Waals surface area contributed by atoms with Crippen LogP contribution in [0.3, 0.4) is 0 Å². The number of aromatic nitrogens is 1. The second-order valence-corrected chi connectivity index (χ2v) is 7.06. The van der Waals surface area contributed by atoms with Crippen LogP contribution in [0, 0.1) is 0 Å². The maximum absolute atomic E-state index is 5.83. The third kappa shape index (κ3) is 3.13. The quantitative estimate of drug-likeness (QED) is 0.851. The molecule has 0 atom stereocenters. The maximum Gasteiger partial charge on any atom is 0.116 e. The van der Waals surface area contributed by atoms with Gasteiger partial charge in [0.25, 0.3) is 0 Å². The molecule has 19 heavy (non-hydrogen) atoms. The molecule has 0 spiro atoms. The van der Waals surface area contributed by atoms with Crippen molar-refractivity contribution in [2.45, 2.75) is 25.3 Å².